The van der Waals surface area contributed by atoms with E-state index < -0.39 is 14.9 Å². The zero-order chi connectivity index (χ0) is 25.0. The van der Waals surface area contributed by atoms with E-state index in [0.717, 1.165) is 12.6 Å². The number of aryl methyl sites for hydroxylation is 1. The normalized spacial score (nSPS) is 14.5. The van der Waals surface area contributed by atoms with Gasteiger partial charge in [0, 0.05) is 44.9 Å². The number of nitro benzene ring substituents is 1. The van der Waals surface area contributed by atoms with E-state index in [-0.39, 0.29) is 27.7 Å². The van der Waals surface area contributed by atoms with Crippen molar-refractivity contribution in [2.24, 2.45) is 0 Å². The van der Waals surface area contributed by atoms with Crippen molar-refractivity contribution in [3.05, 3.63) is 99.6 Å². The van der Waals surface area contributed by atoms with Crippen molar-refractivity contribution in [1.82, 2.24) is 9.80 Å². The number of carbonyl (C=O) groups is 1. The molecule has 1 aliphatic heterocycles. The van der Waals surface area contributed by atoms with Crippen LogP contribution in [-0.4, -0.2) is 55.2 Å². The minimum Gasteiger partial charge on any atom is -0.336 e. The molecule has 9 nitrogen and oxygen atoms in total. The van der Waals surface area contributed by atoms with Crippen molar-refractivity contribution in [2.45, 2.75) is 18.4 Å². The Morgan fingerprint density at radius 3 is 2.40 bits per heavy atom. The van der Waals surface area contributed by atoms with Gasteiger partial charge in [-0.1, -0.05) is 48.0 Å². The molecule has 0 spiro atoms. The molecular formula is C25H26N4O5S. The number of nitrogens with one attached hydrogen (secondary N) is 1. The number of non-ortho nitro benzene ring substituents is 1. The van der Waals surface area contributed by atoms with Crippen molar-refractivity contribution in [1.29, 1.82) is 0 Å². The molecule has 1 fully saturated rings. The Balaban J connectivity index is 1.46. The molecule has 0 atom stereocenters. The number of nitrogens with zero attached hydrogens (tertiary/aromatic N) is 3. The molecule has 1 N–H and O–H groups in total. The Hall–Kier alpha value is -3.76. The Morgan fingerprint density at radius 1 is 0.971 bits per heavy atom. The summed E-state index contributed by atoms with van der Waals surface area (Å²) >= 11 is 0. The summed E-state index contributed by atoms with van der Waals surface area (Å²) in [5.74, 6) is -0.266. The van der Waals surface area contributed by atoms with Crippen LogP contribution in [0.1, 0.15) is 21.5 Å². The zero-order valence-corrected chi connectivity index (χ0v) is 20.1. The number of nitro groups is 1. The van der Waals surface area contributed by atoms with Crippen LogP contribution in [0, 0.1) is 17.0 Å². The summed E-state index contributed by atoms with van der Waals surface area (Å²) in [7, 11) is -4.14. The molecule has 0 aromatic heterocycles. The molecule has 1 heterocycles. The van der Waals surface area contributed by atoms with Crippen molar-refractivity contribution in [2.75, 3.05) is 30.9 Å². The Kier molecular flexibility index (Phi) is 7.13. The molecule has 1 aliphatic rings. The minimum absolute atomic E-state index is 0.131. The number of piperazine rings is 1. The molecule has 182 valence electrons. The Labute approximate surface area is 204 Å². The fourth-order valence-electron chi connectivity index (χ4n) is 4.07. The largest absolute Gasteiger partial charge is 0.336 e. The smallest absolute Gasteiger partial charge is 0.270 e. The van der Waals surface area contributed by atoms with Gasteiger partial charge in [-0.2, -0.15) is 0 Å². The third-order valence-corrected chi connectivity index (χ3v) is 7.25. The average molecular weight is 495 g/mol. The highest BCUT2D eigenvalue weighted by Gasteiger charge is 2.26. The number of hydrogen-bond acceptors (Lipinski definition) is 6. The number of hydrogen-bond donors (Lipinski definition) is 1. The lowest BCUT2D eigenvalue weighted by Gasteiger charge is -2.35. The van der Waals surface area contributed by atoms with Crippen LogP contribution in [0.5, 0.6) is 0 Å². The second-order valence-electron chi connectivity index (χ2n) is 8.46. The van der Waals surface area contributed by atoms with Crippen LogP contribution in [0.15, 0.2) is 77.7 Å². The fraction of sp³-hybridized carbons (Fsp3) is 0.240. The molecule has 3 aromatic rings. The maximum atomic E-state index is 13.3. The van der Waals surface area contributed by atoms with Crippen molar-refractivity contribution >= 4 is 27.3 Å². The number of sulfonamides is 1. The maximum Gasteiger partial charge on any atom is 0.270 e. The zero-order valence-electron chi connectivity index (χ0n) is 19.3. The van der Waals surface area contributed by atoms with E-state index in [9.17, 15) is 23.3 Å². The van der Waals surface area contributed by atoms with E-state index in [1.165, 1.54) is 35.4 Å². The minimum atomic E-state index is -4.14. The van der Waals surface area contributed by atoms with E-state index in [0.29, 0.717) is 26.2 Å². The van der Waals surface area contributed by atoms with Gasteiger partial charge in [0.15, 0.2) is 0 Å². The van der Waals surface area contributed by atoms with E-state index in [4.69, 9.17) is 0 Å². The van der Waals surface area contributed by atoms with Gasteiger partial charge in [0.1, 0.15) is 0 Å². The number of amides is 1. The molecule has 35 heavy (non-hydrogen) atoms. The molecule has 0 bridgehead atoms. The average Bonchev–Trinajstić information content (AvgIpc) is 2.84. The second kappa shape index (κ2) is 10.2. The number of benzene rings is 3. The van der Waals surface area contributed by atoms with Crippen LogP contribution in [0.3, 0.4) is 0 Å². The second-order valence-corrected chi connectivity index (χ2v) is 10.1. The molecule has 1 amide bonds. The quantitative estimate of drug-likeness (QED) is 0.396. The summed E-state index contributed by atoms with van der Waals surface area (Å²) in [6, 6.07) is 19.5. The highest BCUT2D eigenvalue weighted by molar-refractivity contribution is 7.92. The predicted octanol–water partition coefficient (Wildman–Crippen LogP) is 3.66. The first-order chi connectivity index (χ1) is 16.7. The highest BCUT2D eigenvalue weighted by Crippen LogP contribution is 2.24. The van der Waals surface area contributed by atoms with Gasteiger partial charge in [0.25, 0.3) is 21.6 Å². The van der Waals surface area contributed by atoms with Crippen molar-refractivity contribution in [3.63, 3.8) is 0 Å². The molecule has 0 radical (unpaired) electrons. The number of carbonyl (C=O) groups excluding carboxylic acids is 1. The van der Waals surface area contributed by atoms with Crippen LogP contribution in [0.2, 0.25) is 0 Å². The van der Waals surface area contributed by atoms with Gasteiger partial charge in [-0.25, -0.2) is 8.42 Å². The van der Waals surface area contributed by atoms with Crippen LogP contribution in [-0.2, 0) is 16.6 Å². The molecule has 0 saturated carbocycles. The van der Waals surface area contributed by atoms with Gasteiger partial charge in [-0.15, -0.1) is 0 Å². The van der Waals surface area contributed by atoms with Gasteiger partial charge < -0.3 is 4.90 Å². The summed E-state index contributed by atoms with van der Waals surface area (Å²) < 4.78 is 28.2. The molecule has 0 aliphatic carbocycles. The summed E-state index contributed by atoms with van der Waals surface area (Å²) in [6.45, 7) is 5.34. The Morgan fingerprint density at radius 2 is 1.69 bits per heavy atom. The van der Waals surface area contributed by atoms with Crippen LogP contribution in [0.4, 0.5) is 11.4 Å². The standard InChI is InChI=1S/C25H26N4O5S/c1-19-6-4-7-20(16-19)18-27-12-14-28(15-13-27)25(30)23-10-2-3-11-24(23)26-35(33,34)22-9-5-8-21(17-22)29(31)32/h2-11,16-17,26H,12-15,18H2,1H3. The van der Waals surface area contributed by atoms with Gasteiger partial charge in [0.2, 0.25) is 0 Å². The first-order valence-corrected chi connectivity index (χ1v) is 12.6. The molecular weight excluding hydrogens is 468 g/mol. The first kappa shape index (κ1) is 24.4. The van der Waals surface area contributed by atoms with Crippen molar-refractivity contribution in [3.8, 4) is 0 Å². The van der Waals surface area contributed by atoms with Gasteiger partial charge in [0.05, 0.1) is 21.1 Å². The SMILES string of the molecule is Cc1cccc(CN2CCN(C(=O)c3ccccc3NS(=O)(=O)c3cccc([N+](=O)[O-])c3)CC2)c1. The molecule has 0 unspecified atom stereocenters. The predicted molar refractivity (Wildman–Crippen MR) is 133 cm³/mol. The van der Waals surface area contributed by atoms with Gasteiger partial charge >= 0.3 is 0 Å². The van der Waals surface area contributed by atoms with Crippen LogP contribution in [0.25, 0.3) is 0 Å². The maximum absolute atomic E-state index is 13.3. The van der Waals surface area contributed by atoms with E-state index >= 15 is 0 Å². The van der Waals surface area contributed by atoms with E-state index in [1.807, 2.05) is 6.07 Å². The van der Waals surface area contributed by atoms with Crippen LogP contribution >= 0.6 is 0 Å². The van der Waals surface area contributed by atoms with E-state index in [2.05, 4.69) is 34.7 Å². The topological polar surface area (TPSA) is 113 Å². The monoisotopic (exact) mass is 494 g/mol. The summed E-state index contributed by atoms with van der Waals surface area (Å²) in [4.78, 5) is 27.4. The fourth-order valence-corrected chi connectivity index (χ4v) is 5.19. The lowest BCUT2D eigenvalue weighted by Crippen LogP contribution is -2.48. The van der Waals surface area contributed by atoms with Gasteiger partial charge in [-0.3, -0.25) is 24.5 Å². The molecule has 1 saturated heterocycles. The lowest BCUT2D eigenvalue weighted by atomic mass is 10.1. The highest BCUT2D eigenvalue weighted by atomic mass is 32.2. The summed E-state index contributed by atoms with van der Waals surface area (Å²) in [5.41, 5.74) is 2.46. The number of rotatable bonds is 7. The van der Waals surface area contributed by atoms with E-state index in [1.54, 1.807) is 23.1 Å². The third kappa shape index (κ3) is 5.84. The third-order valence-electron chi connectivity index (χ3n) is 5.89. The summed E-state index contributed by atoms with van der Waals surface area (Å²) in [6.07, 6.45) is 0. The van der Waals surface area contributed by atoms with Gasteiger partial charge in [-0.05, 0) is 30.7 Å². The van der Waals surface area contributed by atoms with Crippen LogP contribution < -0.4 is 4.72 Å². The molecule has 10 heteroatoms. The number of anilines is 1. The molecule has 4 rings (SSSR count). The Bertz CT molecular complexity index is 1350. The molecule has 3 aromatic carbocycles. The first-order valence-electron chi connectivity index (χ1n) is 11.2. The lowest BCUT2D eigenvalue weighted by molar-refractivity contribution is -0.385. The summed E-state index contributed by atoms with van der Waals surface area (Å²) in [5, 5.41) is 11.0. The number of para-hydroxylation sites is 1. The van der Waals surface area contributed by atoms with Crippen molar-refractivity contribution < 1.29 is 18.1 Å².